The number of aromatic nitrogens is 1. The zero-order chi connectivity index (χ0) is 16.8. The predicted octanol–water partition coefficient (Wildman–Crippen LogP) is 3.18. The molecular formula is C19H28N4O. The highest BCUT2D eigenvalue weighted by molar-refractivity contribution is 5.80. The molecule has 1 fully saturated rings. The Bertz CT molecular complexity index is 638. The van der Waals surface area contributed by atoms with Gasteiger partial charge in [0.1, 0.15) is 5.76 Å². The Balaban J connectivity index is 1.64. The number of hydrogen-bond acceptors (Lipinski definition) is 2. The number of nitrogens with one attached hydrogen (secondary N) is 1. The van der Waals surface area contributed by atoms with E-state index in [-0.39, 0.29) is 0 Å². The van der Waals surface area contributed by atoms with Crippen molar-refractivity contribution in [3.05, 3.63) is 48.2 Å². The minimum atomic E-state index is 0.559. The highest BCUT2D eigenvalue weighted by Crippen LogP contribution is 2.18. The first-order valence-electron chi connectivity index (χ1n) is 8.87. The summed E-state index contributed by atoms with van der Waals surface area (Å²) in [6.07, 6.45) is 9.77. The fraction of sp³-hybridized carbons (Fsp3) is 0.526. The molecule has 2 aromatic rings. The van der Waals surface area contributed by atoms with Gasteiger partial charge in [-0.25, -0.2) is 0 Å². The lowest BCUT2D eigenvalue weighted by atomic mass is 10.2. The van der Waals surface area contributed by atoms with Crippen molar-refractivity contribution in [3.8, 4) is 0 Å². The molecule has 130 valence electrons. The molecule has 0 radical (unpaired) electrons. The fourth-order valence-electron chi connectivity index (χ4n) is 3.23. The molecule has 24 heavy (non-hydrogen) atoms. The fourth-order valence-corrected chi connectivity index (χ4v) is 3.23. The molecule has 0 atom stereocenters. The molecule has 0 amide bonds. The van der Waals surface area contributed by atoms with Crippen molar-refractivity contribution in [3.63, 3.8) is 0 Å². The standard InChI is InChI=1S/C19H28N4O/c1-22-13-5-9-17(22)15-23(2)19(21-16-7-3-4-8-16)20-12-11-18-10-6-14-24-18/h5-6,9-10,13-14,16H,3-4,7-8,11-12,15H2,1-2H3,(H,20,21). The van der Waals surface area contributed by atoms with Crippen LogP contribution in [0.1, 0.15) is 37.1 Å². The van der Waals surface area contributed by atoms with E-state index in [4.69, 9.17) is 9.41 Å². The number of nitrogens with zero attached hydrogens (tertiary/aromatic N) is 3. The third-order valence-corrected chi connectivity index (χ3v) is 4.70. The van der Waals surface area contributed by atoms with E-state index in [1.54, 1.807) is 6.26 Å². The second-order valence-electron chi connectivity index (χ2n) is 6.63. The van der Waals surface area contributed by atoms with Gasteiger partial charge in [0.05, 0.1) is 12.8 Å². The molecule has 1 N–H and O–H groups in total. The van der Waals surface area contributed by atoms with Crippen LogP contribution in [0.5, 0.6) is 0 Å². The van der Waals surface area contributed by atoms with Crippen molar-refractivity contribution in [1.29, 1.82) is 0 Å². The Morgan fingerprint density at radius 3 is 2.83 bits per heavy atom. The van der Waals surface area contributed by atoms with E-state index >= 15 is 0 Å². The van der Waals surface area contributed by atoms with Crippen LogP contribution in [0, 0.1) is 0 Å². The van der Waals surface area contributed by atoms with Crippen LogP contribution in [0.2, 0.25) is 0 Å². The van der Waals surface area contributed by atoms with Gasteiger partial charge in [-0.3, -0.25) is 4.99 Å². The van der Waals surface area contributed by atoms with Gasteiger partial charge in [-0.1, -0.05) is 12.8 Å². The van der Waals surface area contributed by atoms with Crippen LogP contribution in [0.15, 0.2) is 46.1 Å². The van der Waals surface area contributed by atoms with Gasteiger partial charge >= 0.3 is 0 Å². The zero-order valence-electron chi connectivity index (χ0n) is 14.7. The topological polar surface area (TPSA) is 45.7 Å². The summed E-state index contributed by atoms with van der Waals surface area (Å²) in [4.78, 5) is 7.05. The summed E-state index contributed by atoms with van der Waals surface area (Å²) in [5, 5.41) is 3.66. The summed E-state index contributed by atoms with van der Waals surface area (Å²) < 4.78 is 7.56. The predicted molar refractivity (Wildman–Crippen MR) is 97.0 cm³/mol. The maximum absolute atomic E-state index is 5.40. The van der Waals surface area contributed by atoms with Gasteiger partial charge in [-0.15, -0.1) is 0 Å². The van der Waals surface area contributed by atoms with Crippen molar-refractivity contribution in [2.45, 2.75) is 44.7 Å². The largest absolute Gasteiger partial charge is 0.469 e. The lowest BCUT2D eigenvalue weighted by molar-refractivity contribution is 0.444. The summed E-state index contributed by atoms with van der Waals surface area (Å²) in [7, 11) is 4.20. The van der Waals surface area contributed by atoms with Crippen molar-refractivity contribution in [1.82, 2.24) is 14.8 Å². The third-order valence-electron chi connectivity index (χ3n) is 4.70. The van der Waals surface area contributed by atoms with Gasteiger partial charge in [-0.05, 0) is 37.1 Å². The Labute approximate surface area is 144 Å². The molecule has 0 spiro atoms. The van der Waals surface area contributed by atoms with Crippen molar-refractivity contribution in [2.24, 2.45) is 12.0 Å². The summed E-state index contributed by atoms with van der Waals surface area (Å²) in [5.41, 5.74) is 1.28. The normalized spacial score (nSPS) is 15.8. The summed E-state index contributed by atoms with van der Waals surface area (Å²) >= 11 is 0. The van der Waals surface area contributed by atoms with Crippen LogP contribution in [-0.4, -0.2) is 35.1 Å². The van der Waals surface area contributed by atoms with Crippen molar-refractivity contribution in [2.75, 3.05) is 13.6 Å². The second-order valence-corrected chi connectivity index (χ2v) is 6.63. The Morgan fingerprint density at radius 2 is 2.17 bits per heavy atom. The van der Waals surface area contributed by atoms with Gasteiger partial charge in [0.25, 0.3) is 0 Å². The maximum atomic E-state index is 5.40. The average Bonchev–Trinajstić information content (AvgIpc) is 3.31. The van der Waals surface area contributed by atoms with E-state index in [0.717, 1.165) is 31.2 Å². The quantitative estimate of drug-likeness (QED) is 0.654. The van der Waals surface area contributed by atoms with Gasteiger partial charge in [-0.2, -0.15) is 0 Å². The van der Waals surface area contributed by atoms with Crippen LogP contribution in [0.4, 0.5) is 0 Å². The number of aliphatic imine (C=N–C) groups is 1. The molecule has 0 unspecified atom stereocenters. The lowest BCUT2D eigenvalue weighted by Crippen LogP contribution is -2.43. The third kappa shape index (κ3) is 4.43. The highest BCUT2D eigenvalue weighted by Gasteiger charge is 2.18. The molecule has 1 aliphatic carbocycles. The van der Waals surface area contributed by atoms with Gasteiger partial charge < -0.3 is 19.2 Å². The number of guanidine groups is 1. The molecule has 0 aromatic carbocycles. The zero-order valence-corrected chi connectivity index (χ0v) is 14.7. The number of aryl methyl sites for hydroxylation is 1. The molecular weight excluding hydrogens is 300 g/mol. The number of hydrogen-bond donors (Lipinski definition) is 1. The molecule has 1 saturated carbocycles. The lowest BCUT2D eigenvalue weighted by Gasteiger charge is -2.25. The molecule has 5 heteroatoms. The van der Waals surface area contributed by atoms with Crippen LogP contribution < -0.4 is 5.32 Å². The van der Waals surface area contributed by atoms with E-state index in [2.05, 4.69) is 47.2 Å². The van der Waals surface area contributed by atoms with Gasteiger partial charge in [0, 0.05) is 45.0 Å². The van der Waals surface area contributed by atoms with Gasteiger partial charge in [0.15, 0.2) is 5.96 Å². The molecule has 0 bridgehead atoms. The Kier molecular flexibility index (Phi) is 5.62. The Morgan fingerprint density at radius 1 is 1.33 bits per heavy atom. The molecule has 1 aliphatic rings. The van der Waals surface area contributed by atoms with E-state index in [1.807, 2.05) is 12.1 Å². The molecule has 0 saturated heterocycles. The number of rotatable bonds is 6. The minimum absolute atomic E-state index is 0.559. The van der Waals surface area contributed by atoms with E-state index in [1.165, 1.54) is 31.4 Å². The van der Waals surface area contributed by atoms with Crippen LogP contribution in [0.3, 0.4) is 0 Å². The van der Waals surface area contributed by atoms with Crippen LogP contribution >= 0.6 is 0 Å². The van der Waals surface area contributed by atoms with Crippen molar-refractivity contribution < 1.29 is 4.42 Å². The summed E-state index contributed by atoms with van der Waals surface area (Å²) in [6, 6.07) is 8.74. The molecule has 2 heterocycles. The average molecular weight is 328 g/mol. The summed E-state index contributed by atoms with van der Waals surface area (Å²) in [6.45, 7) is 1.59. The first-order valence-corrected chi connectivity index (χ1v) is 8.87. The monoisotopic (exact) mass is 328 g/mol. The van der Waals surface area contributed by atoms with E-state index in [0.29, 0.717) is 6.04 Å². The smallest absolute Gasteiger partial charge is 0.194 e. The summed E-state index contributed by atoms with van der Waals surface area (Å²) in [5.74, 6) is 1.98. The molecule has 2 aromatic heterocycles. The van der Waals surface area contributed by atoms with Crippen LogP contribution in [-0.2, 0) is 20.0 Å². The Hall–Kier alpha value is -2.17. The maximum Gasteiger partial charge on any atom is 0.194 e. The highest BCUT2D eigenvalue weighted by atomic mass is 16.3. The number of furan rings is 1. The second kappa shape index (κ2) is 8.08. The first-order chi connectivity index (χ1) is 11.7. The SMILES string of the molecule is CN(Cc1cccn1C)C(=NCCc1ccco1)NC1CCCC1. The molecule has 3 rings (SSSR count). The van der Waals surface area contributed by atoms with Crippen LogP contribution in [0.25, 0.3) is 0 Å². The van der Waals surface area contributed by atoms with Gasteiger partial charge in [0.2, 0.25) is 0 Å². The van der Waals surface area contributed by atoms with E-state index < -0.39 is 0 Å². The van der Waals surface area contributed by atoms with Crippen molar-refractivity contribution >= 4 is 5.96 Å². The molecule has 5 nitrogen and oxygen atoms in total. The minimum Gasteiger partial charge on any atom is -0.469 e. The molecule has 0 aliphatic heterocycles. The van der Waals surface area contributed by atoms with E-state index in [9.17, 15) is 0 Å². The first kappa shape index (κ1) is 16.7.